The Morgan fingerprint density at radius 1 is 1.05 bits per heavy atom. The topological polar surface area (TPSA) is 128 Å². The van der Waals surface area contributed by atoms with E-state index in [2.05, 4.69) is 33.1 Å². The van der Waals surface area contributed by atoms with Crippen molar-refractivity contribution in [3.63, 3.8) is 0 Å². The van der Waals surface area contributed by atoms with E-state index in [1.165, 1.54) is 6.07 Å². The number of ether oxygens (including phenoxy) is 3. The van der Waals surface area contributed by atoms with E-state index in [1.807, 2.05) is 37.3 Å². The highest BCUT2D eigenvalue weighted by molar-refractivity contribution is 9.10. The molecule has 2 atom stereocenters. The summed E-state index contributed by atoms with van der Waals surface area (Å²) in [5.74, 6) is -1.63. The van der Waals surface area contributed by atoms with Crippen LogP contribution in [0.15, 0.2) is 51.8 Å². The van der Waals surface area contributed by atoms with E-state index in [9.17, 15) is 22.8 Å². The van der Waals surface area contributed by atoms with Crippen molar-refractivity contribution in [2.24, 2.45) is 5.41 Å². The van der Waals surface area contributed by atoms with E-state index in [4.69, 9.17) is 14.2 Å². The van der Waals surface area contributed by atoms with Crippen molar-refractivity contribution < 1.29 is 37.0 Å². The van der Waals surface area contributed by atoms with Crippen LogP contribution in [0.3, 0.4) is 0 Å². The molecule has 1 aliphatic rings. The molecule has 2 aromatic rings. The van der Waals surface area contributed by atoms with Crippen molar-refractivity contribution in [3.05, 3.63) is 46.9 Å². The number of benzene rings is 2. The van der Waals surface area contributed by atoms with Gasteiger partial charge in [-0.25, -0.2) is 13.2 Å². The van der Waals surface area contributed by atoms with Crippen LogP contribution in [0, 0.1) is 5.41 Å². The largest absolute Gasteiger partial charge is 0.483 e. The molecular weight excluding hydrogens is 652 g/mol. The molecule has 1 amide bonds. The molecule has 1 heterocycles. The summed E-state index contributed by atoms with van der Waals surface area (Å²) in [5.41, 5.74) is 0.962. The summed E-state index contributed by atoms with van der Waals surface area (Å²) in [4.78, 5) is 39.3. The fourth-order valence-electron chi connectivity index (χ4n) is 5.34. The van der Waals surface area contributed by atoms with Crippen LogP contribution in [-0.4, -0.2) is 64.4 Å². The Balaban J connectivity index is 1.90. The third-order valence-corrected chi connectivity index (χ3v) is 10.3. The molecule has 0 saturated heterocycles. The minimum atomic E-state index is -3.75. The summed E-state index contributed by atoms with van der Waals surface area (Å²) in [6, 6.07) is 11.8. The van der Waals surface area contributed by atoms with Gasteiger partial charge in [0.1, 0.15) is 11.8 Å². The summed E-state index contributed by atoms with van der Waals surface area (Å²) in [7, 11) is -3.75. The average Bonchev–Trinajstić information content (AvgIpc) is 3.09. The second-order valence-corrected chi connectivity index (χ2v) is 13.7. The Morgan fingerprint density at radius 2 is 1.75 bits per heavy atom. The number of rotatable bonds is 15. The summed E-state index contributed by atoms with van der Waals surface area (Å²) in [6.07, 6.45) is 3.28. The van der Waals surface area contributed by atoms with Gasteiger partial charge in [0.15, 0.2) is 16.4 Å². The Hall–Kier alpha value is -3.12. The minimum Gasteiger partial charge on any atom is -0.483 e. The van der Waals surface area contributed by atoms with Crippen molar-refractivity contribution in [1.82, 2.24) is 5.32 Å². The number of hydrogen-bond donors (Lipinski definition) is 1. The van der Waals surface area contributed by atoms with E-state index in [-0.39, 0.29) is 42.5 Å². The maximum Gasteiger partial charge on any atom is 0.328 e. The molecule has 0 saturated carbocycles. The van der Waals surface area contributed by atoms with E-state index in [0.717, 1.165) is 24.9 Å². The van der Waals surface area contributed by atoms with Crippen LogP contribution in [0.2, 0.25) is 0 Å². The van der Waals surface area contributed by atoms with Gasteiger partial charge in [-0.15, -0.1) is 0 Å². The molecule has 1 unspecified atom stereocenters. The molecule has 0 bridgehead atoms. The predicted molar refractivity (Wildman–Crippen MR) is 172 cm³/mol. The Morgan fingerprint density at radius 3 is 2.39 bits per heavy atom. The van der Waals surface area contributed by atoms with E-state index in [1.54, 1.807) is 19.9 Å². The average molecular weight is 696 g/mol. The molecule has 2 aromatic carbocycles. The lowest BCUT2D eigenvalue weighted by Crippen LogP contribution is -2.44. The predicted octanol–water partition coefficient (Wildman–Crippen LogP) is 5.73. The highest BCUT2D eigenvalue weighted by Gasteiger charge is 2.42. The fraction of sp³-hybridized carbons (Fsp3) is 0.531. The summed E-state index contributed by atoms with van der Waals surface area (Å²) < 4.78 is 44.2. The SMILES string of the molecule is CCCCC1(CC)CN(c2ccccc2)c2cc(Br)c(OCC(=O)N[C@@H](CCC(=O)OCC)C(=O)OCC)cc2S(=O)(=O)C1. The molecule has 1 N–H and O–H groups in total. The summed E-state index contributed by atoms with van der Waals surface area (Å²) >= 11 is 3.52. The number of amides is 1. The van der Waals surface area contributed by atoms with Gasteiger partial charge in [-0.2, -0.15) is 0 Å². The zero-order valence-corrected chi connectivity index (χ0v) is 28.3. The van der Waals surface area contributed by atoms with Gasteiger partial charge in [0.2, 0.25) is 0 Å². The third kappa shape index (κ3) is 9.20. The van der Waals surface area contributed by atoms with Crippen LogP contribution in [-0.2, 0) is 33.7 Å². The number of sulfone groups is 1. The maximum atomic E-state index is 14.0. The molecule has 1 aliphatic heterocycles. The second kappa shape index (κ2) is 16.3. The first-order valence-electron chi connectivity index (χ1n) is 15.1. The van der Waals surface area contributed by atoms with Gasteiger partial charge in [0, 0.05) is 30.1 Å². The van der Waals surface area contributed by atoms with Crippen LogP contribution in [0.1, 0.15) is 66.2 Å². The molecule has 12 heteroatoms. The van der Waals surface area contributed by atoms with Gasteiger partial charge < -0.3 is 24.4 Å². The lowest BCUT2D eigenvalue weighted by atomic mass is 9.81. The Kier molecular flexibility index (Phi) is 13.1. The molecule has 0 radical (unpaired) electrons. The highest BCUT2D eigenvalue weighted by atomic mass is 79.9. The first-order chi connectivity index (χ1) is 21.0. The van der Waals surface area contributed by atoms with Gasteiger partial charge in [0.25, 0.3) is 5.91 Å². The van der Waals surface area contributed by atoms with E-state index >= 15 is 0 Å². The number of carbonyl (C=O) groups is 3. The number of halogens is 1. The second-order valence-electron chi connectivity index (χ2n) is 10.9. The summed E-state index contributed by atoms with van der Waals surface area (Å²) in [5, 5.41) is 2.56. The molecule has 0 spiro atoms. The fourth-order valence-corrected chi connectivity index (χ4v) is 7.96. The van der Waals surface area contributed by atoms with Gasteiger partial charge >= 0.3 is 11.9 Å². The highest BCUT2D eigenvalue weighted by Crippen LogP contribution is 2.46. The Bertz CT molecular complexity index is 1400. The van der Waals surface area contributed by atoms with Crippen LogP contribution < -0.4 is 15.0 Å². The smallest absolute Gasteiger partial charge is 0.328 e. The third-order valence-electron chi connectivity index (χ3n) is 7.72. The minimum absolute atomic E-state index is 0.00325. The van der Waals surface area contributed by atoms with Crippen LogP contribution in [0.25, 0.3) is 0 Å². The summed E-state index contributed by atoms with van der Waals surface area (Å²) in [6.45, 7) is 7.82. The number of carbonyl (C=O) groups excluding carboxylic acids is 3. The van der Waals surface area contributed by atoms with Crippen LogP contribution in [0.4, 0.5) is 11.4 Å². The molecule has 0 fully saturated rings. The standard InChI is InChI=1S/C32H43BrN2O8S/c1-5-9-17-32(6-2)21-35(23-13-11-10-12-14-23)26-18-24(33)27(19-28(26)44(39,40)22-32)43-20-29(36)34-25(31(38)42-8-4)15-16-30(37)41-7-3/h10-14,18-19,25H,5-9,15-17,20-22H2,1-4H3,(H,34,36)/t25-,32?/m0/s1. The number of fused-ring (bicyclic) bond motifs is 1. The Labute approximate surface area is 268 Å². The molecule has 3 rings (SSSR count). The number of unbranched alkanes of at least 4 members (excludes halogenated alkanes) is 1. The van der Waals surface area contributed by atoms with Gasteiger partial charge in [-0.1, -0.05) is 44.9 Å². The van der Waals surface area contributed by atoms with Crippen molar-refractivity contribution >= 4 is 55.0 Å². The van der Waals surface area contributed by atoms with E-state index < -0.39 is 45.7 Å². The van der Waals surface area contributed by atoms with Gasteiger partial charge in [0.05, 0.1) is 34.0 Å². The molecule has 0 aromatic heterocycles. The van der Waals surface area contributed by atoms with Crippen molar-refractivity contribution in [1.29, 1.82) is 0 Å². The number of hydrogen-bond acceptors (Lipinski definition) is 9. The van der Waals surface area contributed by atoms with Crippen molar-refractivity contribution in [2.45, 2.75) is 77.2 Å². The van der Waals surface area contributed by atoms with Crippen molar-refractivity contribution in [2.75, 3.05) is 37.0 Å². The molecule has 10 nitrogen and oxygen atoms in total. The number of para-hydroxylation sites is 1. The molecular formula is C32H43BrN2O8S. The van der Waals surface area contributed by atoms with E-state index in [0.29, 0.717) is 23.1 Å². The zero-order chi connectivity index (χ0) is 32.3. The van der Waals surface area contributed by atoms with Crippen LogP contribution in [0.5, 0.6) is 5.75 Å². The maximum absolute atomic E-state index is 14.0. The first kappa shape index (κ1) is 35.4. The number of anilines is 2. The number of nitrogens with zero attached hydrogens (tertiary/aromatic N) is 1. The monoisotopic (exact) mass is 694 g/mol. The van der Waals surface area contributed by atoms with Gasteiger partial charge in [-0.3, -0.25) is 9.59 Å². The lowest BCUT2D eigenvalue weighted by molar-refractivity contribution is -0.149. The number of nitrogens with one attached hydrogen (secondary N) is 1. The van der Waals surface area contributed by atoms with Crippen LogP contribution >= 0.6 is 15.9 Å². The molecule has 0 aliphatic carbocycles. The first-order valence-corrected chi connectivity index (χ1v) is 17.6. The van der Waals surface area contributed by atoms with Crippen molar-refractivity contribution in [3.8, 4) is 5.75 Å². The normalized spacial score (nSPS) is 18.0. The van der Waals surface area contributed by atoms with Gasteiger partial charge in [-0.05, 0) is 67.2 Å². The number of esters is 2. The molecule has 242 valence electrons. The lowest BCUT2D eigenvalue weighted by Gasteiger charge is -2.36. The quantitative estimate of drug-likeness (QED) is 0.232. The molecule has 44 heavy (non-hydrogen) atoms. The zero-order valence-electron chi connectivity index (χ0n) is 25.9.